The molecule has 0 saturated heterocycles. The van der Waals surface area contributed by atoms with Gasteiger partial charge < -0.3 is 15.2 Å². The van der Waals surface area contributed by atoms with Gasteiger partial charge in [0.25, 0.3) is 0 Å². The van der Waals surface area contributed by atoms with Crippen molar-refractivity contribution >= 4 is 5.69 Å². The molecule has 0 radical (unpaired) electrons. The van der Waals surface area contributed by atoms with Gasteiger partial charge in [0.15, 0.2) is 0 Å². The van der Waals surface area contributed by atoms with E-state index in [1.165, 1.54) is 0 Å². The molecule has 13 heavy (non-hydrogen) atoms. The van der Waals surface area contributed by atoms with Crippen LogP contribution in [0.2, 0.25) is 0 Å². The number of methoxy groups -OCH3 is 1. The molecule has 0 heterocycles. The number of ether oxygens (including phenoxy) is 2. The predicted octanol–water partition coefficient (Wildman–Crippen LogP) is 1.81. The van der Waals surface area contributed by atoms with Gasteiger partial charge in [0.2, 0.25) is 0 Å². The van der Waals surface area contributed by atoms with Gasteiger partial charge in [0.05, 0.1) is 13.7 Å². The zero-order chi connectivity index (χ0) is 9.68. The minimum atomic E-state index is 0.546. The summed E-state index contributed by atoms with van der Waals surface area (Å²) in [6, 6.07) is 5.53. The minimum Gasteiger partial charge on any atom is -0.496 e. The molecule has 72 valence electrons. The average Bonchev–Trinajstić information content (AvgIpc) is 2.15. The monoisotopic (exact) mass is 181 g/mol. The van der Waals surface area contributed by atoms with E-state index in [0.717, 1.165) is 17.0 Å². The molecule has 2 N–H and O–H groups in total. The van der Waals surface area contributed by atoms with Crippen LogP contribution in [-0.4, -0.2) is 13.7 Å². The van der Waals surface area contributed by atoms with Crippen molar-refractivity contribution in [1.82, 2.24) is 0 Å². The number of benzene rings is 1. The highest BCUT2D eigenvalue weighted by atomic mass is 16.5. The predicted molar refractivity (Wildman–Crippen MR) is 52.7 cm³/mol. The molecule has 0 bridgehead atoms. The van der Waals surface area contributed by atoms with Gasteiger partial charge in [-0.15, -0.1) is 0 Å². The van der Waals surface area contributed by atoms with Gasteiger partial charge in [-0.1, -0.05) is 0 Å². The molecule has 0 unspecified atom stereocenters. The van der Waals surface area contributed by atoms with E-state index in [9.17, 15) is 0 Å². The maximum absolute atomic E-state index is 5.64. The molecule has 0 amide bonds. The Labute approximate surface area is 78.5 Å². The lowest BCUT2D eigenvalue weighted by Crippen LogP contribution is -1.97. The number of hydrogen-bond acceptors (Lipinski definition) is 3. The molecule has 1 aromatic rings. The number of anilines is 1. The van der Waals surface area contributed by atoms with Crippen molar-refractivity contribution in [3.05, 3.63) is 23.8 Å². The summed E-state index contributed by atoms with van der Waals surface area (Å²) in [6.45, 7) is 3.20. The summed E-state index contributed by atoms with van der Waals surface area (Å²) in [5, 5.41) is 0. The van der Waals surface area contributed by atoms with Crippen LogP contribution in [0.1, 0.15) is 12.5 Å². The molecule has 0 atom stereocenters. The van der Waals surface area contributed by atoms with Crippen molar-refractivity contribution in [1.29, 1.82) is 0 Å². The molecule has 0 aliphatic carbocycles. The van der Waals surface area contributed by atoms with E-state index in [0.29, 0.717) is 13.2 Å². The van der Waals surface area contributed by atoms with Gasteiger partial charge in [-0.3, -0.25) is 0 Å². The van der Waals surface area contributed by atoms with Crippen molar-refractivity contribution in [2.24, 2.45) is 0 Å². The molecule has 0 spiro atoms. The van der Waals surface area contributed by atoms with Crippen molar-refractivity contribution in [2.45, 2.75) is 13.5 Å². The van der Waals surface area contributed by atoms with Crippen molar-refractivity contribution in [3.8, 4) is 5.75 Å². The highest BCUT2D eigenvalue weighted by Crippen LogP contribution is 2.21. The Morgan fingerprint density at radius 3 is 2.77 bits per heavy atom. The van der Waals surface area contributed by atoms with Crippen LogP contribution in [0.5, 0.6) is 5.75 Å². The topological polar surface area (TPSA) is 44.5 Å². The standard InChI is InChI=1S/C10H15NO2/c1-3-13-7-8-6-9(11)4-5-10(8)12-2/h4-6H,3,7,11H2,1-2H3. The molecule has 0 aliphatic heterocycles. The highest BCUT2D eigenvalue weighted by Gasteiger charge is 2.02. The summed E-state index contributed by atoms with van der Waals surface area (Å²) < 4.78 is 10.4. The third-order valence-electron chi connectivity index (χ3n) is 1.77. The van der Waals surface area contributed by atoms with E-state index in [-0.39, 0.29) is 0 Å². The van der Waals surface area contributed by atoms with Gasteiger partial charge in [0.1, 0.15) is 5.75 Å². The molecule has 1 rings (SSSR count). The molecule has 0 aliphatic rings. The Hall–Kier alpha value is -1.22. The van der Waals surface area contributed by atoms with E-state index in [4.69, 9.17) is 15.2 Å². The largest absolute Gasteiger partial charge is 0.496 e. The fraction of sp³-hybridized carbons (Fsp3) is 0.400. The first-order valence-electron chi connectivity index (χ1n) is 4.28. The third kappa shape index (κ3) is 2.63. The number of nitrogens with two attached hydrogens (primary N) is 1. The first kappa shape index (κ1) is 9.86. The second-order valence-corrected chi connectivity index (χ2v) is 2.71. The summed E-state index contributed by atoms with van der Waals surface area (Å²) >= 11 is 0. The Kier molecular flexibility index (Phi) is 3.58. The van der Waals surface area contributed by atoms with Crippen molar-refractivity contribution < 1.29 is 9.47 Å². The van der Waals surface area contributed by atoms with Gasteiger partial charge in [0, 0.05) is 17.9 Å². The summed E-state index contributed by atoms with van der Waals surface area (Å²) in [5.41, 5.74) is 7.36. The van der Waals surface area contributed by atoms with Crippen molar-refractivity contribution in [2.75, 3.05) is 19.5 Å². The summed E-state index contributed by atoms with van der Waals surface area (Å²) in [7, 11) is 1.64. The quantitative estimate of drug-likeness (QED) is 0.720. The number of rotatable bonds is 4. The molecule has 1 aromatic carbocycles. The molecule has 3 heteroatoms. The van der Waals surface area contributed by atoms with Gasteiger partial charge in [-0.05, 0) is 25.1 Å². The van der Waals surface area contributed by atoms with Crippen LogP contribution < -0.4 is 10.5 Å². The Bertz CT molecular complexity index is 274. The van der Waals surface area contributed by atoms with Gasteiger partial charge >= 0.3 is 0 Å². The first-order chi connectivity index (χ1) is 6.27. The number of nitrogen functional groups attached to an aromatic ring is 1. The maximum Gasteiger partial charge on any atom is 0.124 e. The Balaban J connectivity index is 2.81. The summed E-state index contributed by atoms with van der Waals surface area (Å²) in [4.78, 5) is 0. The zero-order valence-corrected chi connectivity index (χ0v) is 8.04. The normalized spacial score (nSPS) is 10.0. The van der Waals surface area contributed by atoms with Crippen molar-refractivity contribution in [3.63, 3.8) is 0 Å². The zero-order valence-electron chi connectivity index (χ0n) is 8.04. The molecule has 0 fully saturated rings. The van der Waals surface area contributed by atoms with E-state index in [2.05, 4.69) is 0 Å². The fourth-order valence-corrected chi connectivity index (χ4v) is 1.12. The molecular weight excluding hydrogens is 166 g/mol. The third-order valence-corrected chi connectivity index (χ3v) is 1.77. The van der Waals surface area contributed by atoms with Crippen LogP contribution in [-0.2, 0) is 11.3 Å². The van der Waals surface area contributed by atoms with Crippen LogP contribution in [0.4, 0.5) is 5.69 Å². The summed E-state index contributed by atoms with van der Waals surface area (Å²) in [6.07, 6.45) is 0. The molecule has 3 nitrogen and oxygen atoms in total. The number of hydrogen-bond donors (Lipinski definition) is 1. The lowest BCUT2D eigenvalue weighted by molar-refractivity contribution is 0.132. The van der Waals surface area contributed by atoms with E-state index in [1.807, 2.05) is 25.1 Å². The minimum absolute atomic E-state index is 0.546. The Morgan fingerprint density at radius 1 is 1.38 bits per heavy atom. The summed E-state index contributed by atoms with van der Waals surface area (Å²) in [5.74, 6) is 0.822. The van der Waals surface area contributed by atoms with Gasteiger partial charge in [-0.2, -0.15) is 0 Å². The molecular formula is C10H15NO2. The van der Waals surface area contributed by atoms with Crippen LogP contribution in [0.15, 0.2) is 18.2 Å². The Morgan fingerprint density at radius 2 is 2.15 bits per heavy atom. The second kappa shape index (κ2) is 4.72. The van der Waals surface area contributed by atoms with E-state index in [1.54, 1.807) is 7.11 Å². The van der Waals surface area contributed by atoms with Crippen LogP contribution in [0.3, 0.4) is 0 Å². The molecule has 0 aromatic heterocycles. The lowest BCUT2D eigenvalue weighted by atomic mass is 10.2. The van der Waals surface area contributed by atoms with E-state index < -0.39 is 0 Å². The second-order valence-electron chi connectivity index (χ2n) is 2.71. The highest BCUT2D eigenvalue weighted by molar-refractivity contribution is 5.47. The maximum atomic E-state index is 5.64. The van der Waals surface area contributed by atoms with E-state index >= 15 is 0 Å². The smallest absolute Gasteiger partial charge is 0.124 e. The van der Waals surface area contributed by atoms with Crippen LogP contribution in [0, 0.1) is 0 Å². The lowest BCUT2D eigenvalue weighted by Gasteiger charge is -2.08. The molecule has 0 saturated carbocycles. The SMILES string of the molecule is CCOCc1cc(N)ccc1OC. The first-order valence-corrected chi connectivity index (χ1v) is 4.28. The van der Waals surface area contributed by atoms with Crippen LogP contribution >= 0.6 is 0 Å². The van der Waals surface area contributed by atoms with Crippen LogP contribution in [0.25, 0.3) is 0 Å². The fourth-order valence-electron chi connectivity index (χ4n) is 1.12. The average molecular weight is 181 g/mol. The van der Waals surface area contributed by atoms with Gasteiger partial charge in [-0.25, -0.2) is 0 Å².